The Bertz CT molecular complexity index is 1430. The lowest BCUT2D eigenvalue weighted by Gasteiger charge is -2.26. The molecule has 1 atom stereocenters. The lowest BCUT2D eigenvalue weighted by Crippen LogP contribution is -2.29. The molecule has 4 rings (SSSR count). The highest BCUT2D eigenvalue weighted by atomic mass is 16.6. The van der Waals surface area contributed by atoms with Crippen LogP contribution in [-0.2, 0) is 14.4 Å². The number of Topliss-reactive ketones (excluding diaryl/α,β-unsaturated/α-hetero) is 1. The Morgan fingerprint density at radius 2 is 1.68 bits per heavy atom. The molecule has 0 spiro atoms. The molecule has 1 unspecified atom stereocenters. The summed E-state index contributed by atoms with van der Waals surface area (Å²) in [5.41, 5.74) is 2.07. The summed E-state index contributed by atoms with van der Waals surface area (Å²) in [5.74, 6) is -2.50. The molecule has 2 amide bonds. The number of anilines is 3. The number of carbonyl (C=O) groups is 3. The predicted molar refractivity (Wildman–Crippen MR) is 139 cm³/mol. The summed E-state index contributed by atoms with van der Waals surface area (Å²) >= 11 is 0. The predicted octanol–water partition coefficient (Wildman–Crippen LogP) is 4.25. The van der Waals surface area contributed by atoms with Crippen molar-refractivity contribution in [3.63, 3.8) is 0 Å². The molecule has 1 fully saturated rings. The van der Waals surface area contributed by atoms with Crippen LogP contribution in [0, 0.1) is 10.1 Å². The summed E-state index contributed by atoms with van der Waals surface area (Å²) in [5, 5.41) is 24.9. The van der Waals surface area contributed by atoms with Gasteiger partial charge in [0.25, 0.3) is 17.4 Å². The topological polar surface area (TPSA) is 133 Å². The van der Waals surface area contributed by atoms with E-state index in [0.29, 0.717) is 16.9 Å². The number of nitro groups is 1. The van der Waals surface area contributed by atoms with Gasteiger partial charge in [0.15, 0.2) is 0 Å². The molecule has 3 aromatic carbocycles. The van der Waals surface area contributed by atoms with Gasteiger partial charge in [-0.05, 0) is 48.0 Å². The molecule has 1 saturated heterocycles. The first kappa shape index (κ1) is 25.1. The summed E-state index contributed by atoms with van der Waals surface area (Å²) in [6.45, 7) is 1.36. The molecule has 1 aliphatic heterocycles. The fourth-order valence-electron chi connectivity index (χ4n) is 4.20. The van der Waals surface area contributed by atoms with Crippen molar-refractivity contribution in [2.45, 2.75) is 13.0 Å². The number of aliphatic hydroxyl groups is 1. The Balaban J connectivity index is 1.90. The van der Waals surface area contributed by atoms with E-state index in [1.54, 1.807) is 36.4 Å². The second-order valence-corrected chi connectivity index (χ2v) is 8.69. The highest BCUT2D eigenvalue weighted by molar-refractivity contribution is 6.51. The number of benzene rings is 3. The minimum atomic E-state index is -0.987. The maximum Gasteiger partial charge on any atom is 0.300 e. The Hall–Kier alpha value is -4.99. The van der Waals surface area contributed by atoms with Crippen LogP contribution in [0.4, 0.5) is 22.7 Å². The molecule has 0 radical (unpaired) electrons. The van der Waals surface area contributed by atoms with Crippen molar-refractivity contribution in [1.29, 1.82) is 0 Å². The van der Waals surface area contributed by atoms with E-state index >= 15 is 0 Å². The summed E-state index contributed by atoms with van der Waals surface area (Å²) < 4.78 is 0. The van der Waals surface area contributed by atoms with Gasteiger partial charge in [-0.2, -0.15) is 0 Å². The molecular formula is C27H24N4O6. The summed E-state index contributed by atoms with van der Waals surface area (Å²) in [4.78, 5) is 51.8. The van der Waals surface area contributed by atoms with Crippen LogP contribution in [0.2, 0.25) is 0 Å². The van der Waals surface area contributed by atoms with Crippen LogP contribution in [0.5, 0.6) is 0 Å². The van der Waals surface area contributed by atoms with Gasteiger partial charge in [0.1, 0.15) is 5.76 Å². The fraction of sp³-hybridized carbons (Fsp3) is 0.148. The average molecular weight is 501 g/mol. The normalized spacial score (nSPS) is 16.5. The molecule has 37 heavy (non-hydrogen) atoms. The molecule has 0 bridgehead atoms. The zero-order valence-corrected chi connectivity index (χ0v) is 20.3. The van der Waals surface area contributed by atoms with Gasteiger partial charge in [0, 0.05) is 55.8 Å². The van der Waals surface area contributed by atoms with Gasteiger partial charge >= 0.3 is 0 Å². The van der Waals surface area contributed by atoms with Crippen molar-refractivity contribution in [2.75, 3.05) is 29.2 Å². The van der Waals surface area contributed by atoms with E-state index in [0.717, 1.165) is 5.69 Å². The van der Waals surface area contributed by atoms with E-state index < -0.39 is 28.4 Å². The molecule has 1 aliphatic rings. The van der Waals surface area contributed by atoms with E-state index in [-0.39, 0.29) is 22.7 Å². The number of non-ortho nitro benzene ring substituents is 1. The average Bonchev–Trinajstić information content (AvgIpc) is 3.13. The number of hydrogen-bond acceptors (Lipinski definition) is 7. The van der Waals surface area contributed by atoms with Crippen molar-refractivity contribution in [3.05, 3.63) is 99.6 Å². The molecule has 2 N–H and O–H groups in total. The van der Waals surface area contributed by atoms with Crippen LogP contribution < -0.4 is 15.1 Å². The quantitative estimate of drug-likeness (QED) is 0.170. The van der Waals surface area contributed by atoms with Crippen molar-refractivity contribution in [3.8, 4) is 0 Å². The van der Waals surface area contributed by atoms with Crippen molar-refractivity contribution in [2.24, 2.45) is 0 Å². The van der Waals surface area contributed by atoms with Crippen LogP contribution in [0.15, 0.2) is 78.4 Å². The van der Waals surface area contributed by atoms with Crippen molar-refractivity contribution in [1.82, 2.24) is 0 Å². The Morgan fingerprint density at radius 3 is 2.24 bits per heavy atom. The summed E-state index contributed by atoms with van der Waals surface area (Å²) in [6.07, 6.45) is 0. The van der Waals surface area contributed by atoms with Crippen molar-refractivity contribution >= 4 is 46.1 Å². The second kappa shape index (κ2) is 9.94. The highest BCUT2D eigenvalue weighted by Gasteiger charge is 2.47. The molecule has 0 saturated carbocycles. The molecule has 0 aromatic heterocycles. The molecule has 10 heteroatoms. The number of amides is 2. The van der Waals surface area contributed by atoms with Crippen LogP contribution in [0.1, 0.15) is 24.1 Å². The van der Waals surface area contributed by atoms with Crippen molar-refractivity contribution < 1.29 is 24.4 Å². The van der Waals surface area contributed by atoms with Crippen LogP contribution >= 0.6 is 0 Å². The zero-order valence-electron chi connectivity index (χ0n) is 20.3. The molecule has 3 aromatic rings. The molecule has 10 nitrogen and oxygen atoms in total. The van der Waals surface area contributed by atoms with Crippen LogP contribution in [0.3, 0.4) is 0 Å². The van der Waals surface area contributed by atoms with Crippen LogP contribution in [-0.4, -0.2) is 41.7 Å². The monoisotopic (exact) mass is 500 g/mol. The highest BCUT2D eigenvalue weighted by Crippen LogP contribution is 2.43. The summed E-state index contributed by atoms with van der Waals surface area (Å²) in [6, 6.07) is 17.8. The molecular weight excluding hydrogens is 476 g/mol. The second-order valence-electron chi connectivity index (χ2n) is 8.69. The third-order valence-corrected chi connectivity index (χ3v) is 5.97. The fourth-order valence-corrected chi connectivity index (χ4v) is 4.20. The van der Waals surface area contributed by atoms with E-state index in [4.69, 9.17) is 0 Å². The number of carbonyl (C=O) groups excluding carboxylic acids is 3. The van der Waals surface area contributed by atoms with Gasteiger partial charge in [0.2, 0.25) is 5.91 Å². The third-order valence-electron chi connectivity index (χ3n) is 5.97. The number of rotatable bonds is 6. The minimum absolute atomic E-state index is 0.151. The Kier molecular flexibility index (Phi) is 6.75. The number of nitrogens with zero attached hydrogens (tertiary/aromatic N) is 3. The maximum absolute atomic E-state index is 13.3. The number of hydrogen-bond donors (Lipinski definition) is 2. The van der Waals surface area contributed by atoms with Gasteiger partial charge in [0.05, 0.1) is 16.5 Å². The first-order chi connectivity index (χ1) is 17.6. The largest absolute Gasteiger partial charge is 0.507 e. The standard InChI is InChI=1S/C27H24N4O6/c1-16(32)28-19-5-4-6-22(15-19)30-24(17-7-11-20(12-8-17)29(2)3)23(26(34)27(30)35)25(33)18-9-13-21(14-10-18)31(36)37/h4-15,24,33H,1-3H3,(H,28,32)/b25-23+. The lowest BCUT2D eigenvalue weighted by atomic mass is 9.94. The molecule has 188 valence electrons. The Labute approximate surface area is 212 Å². The number of nitrogens with one attached hydrogen (secondary N) is 1. The van der Waals surface area contributed by atoms with E-state index in [2.05, 4.69) is 5.32 Å². The van der Waals surface area contributed by atoms with Crippen LogP contribution in [0.25, 0.3) is 5.76 Å². The number of ketones is 1. The first-order valence-corrected chi connectivity index (χ1v) is 11.3. The van der Waals surface area contributed by atoms with Gasteiger partial charge in [-0.1, -0.05) is 18.2 Å². The molecule has 1 heterocycles. The molecule has 0 aliphatic carbocycles. The van der Waals surface area contributed by atoms with E-state index in [1.165, 1.54) is 36.1 Å². The first-order valence-electron chi connectivity index (χ1n) is 11.3. The maximum atomic E-state index is 13.3. The SMILES string of the molecule is CC(=O)Nc1cccc(N2C(=O)C(=O)/C(=C(/O)c3ccc([N+](=O)[O-])cc3)C2c2ccc(N(C)C)cc2)c1. The Morgan fingerprint density at radius 1 is 1.03 bits per heavy atom. The lowest BCUT2D eigenvalue weighted by molar-refractivity contribution is -0.384. The van der Waals surface area contributed by atoms with Gasteiger partial charge in [-0.3, -0.25) is 29.4 Å². The van der Waals surface area contributed by atoms with E-state index in [9.17, 15) is 29.6 Å². The zero-order chi connectivity index (χ0) is 26.9. The summed E-state index contributed by atoms with van der Waals surface area (Å²) in [7, 11) is 3.76. The smallest absolute Gasteiger partial charge is 0.300 e. The van der Waals surface area contributed by atoms with Gasteiger partial charge in [-0.15, -0.1) is 0 Å². The third kappa shape index (κ3) is 4.90. The van der Waals surface area contributed by atoms with Gasteiger partial charge in [-0.25, -0.2) is 0 Å². The van der Waals surface area contributed by atoms with Gasteiger partial charge < -0.3 is 15.3 Å². The van der Waals surface area contributed by atoms with E-state index in [1.807, 2.05) is 31.1 Å². The number of aliphatic hydroxyl groups excluding tert-OH is 1. The number of nitro benzene ring substituents is 1. The minimum Gasteiger partial charge on any atom is -0.507 e.